The van der Waals surface area contributed by atoms with Crippen molar-refractivity contribution >= 4 is 29.1 Å². The molecule has 27 heavy (non-hydrogen) atoms. The lowest BCUT2D eigenvalue weighted by atomic mass is 10.2. The normalized spacial score (nSPS) is 10.5. The molecule has 0 saturated heterocycles. The van der Waals surface area contributed by atoms with Crippen LogP contribution in [0, 0.1) is 18.6 Å². The van der Waals surface area contributed by atoms with Crippen LogP contribution in [0.2, 0.25) is 5.02 Å². The molecule has 3 rings (SSSR count). The fraction of sp³-hybridized carbons (Fsp3) is 0.105. The predicted octanol–water partition coefficient (Wildman–Crippen LogP) is 4.58. The molecule has 0 fully saturated rings. The zero-order valence-corrected chi connectivity index (χ0v) is 15.0. The number of amides is 1. The Hall–Kier alpha value is -3.06. The SMILES string of the molecule is Cc1nc(NCc2ccccc2F)ncc1C(=O)Nc1ccc(F)c(Cl)c1. The minimum absolute atomic E-state index is 0.0894. The Morgan fingerprint density at radius 1 is 1.15 bits per heavy atom. The van der Waals surface area contributed by atoms with E-state index in [-0.39, 0.29) is 28.9 Å². The van der Waals surface area contributed by atoms with Crippen molar-refractivity contribution in [3.63, 3.8) is 0 Å². The molecule has 3 aromatic rings. The molecule has 5 nitrogen and oxygen atoms in total. The van der Waals surface area contributed by atoms with E-state index in [1.807, 2.05) is 0 Å². The fourth-order valence-electron chi connectivity index (χ4n) is 2.36. The Kier molecular flexibility index (Phi) is 5.61. The summed E-state index contributed by atoms with van der Waals surface area (Å²) >= 11 is 5.71. The van der Waals surface area contributed by atoms with Gasteiger partial charge in [0.25, 0.3) is 5.91 Å². The van der Waals surface area contributed by atoms with Crippen LogP contribution in [-0.4, -0.2) is 15.9 Å². The molecule has 0 aliphatic carbocycles. The Morgan fingerprint density at radius 3 is 2.63 bits per heavy atom. The van der Waals surface area contributed by atoms with E-state index in [1.54, 1.807) is 25.1 Å². The number of aromatic nitrogens is 2. The van der Waals surface area contributed by atoms with Crippen molar-refractivity contribution in [2.45, 2.75) is 13.5 Å². The summed E-state index contributed by atoms with van der Waals surface area (Å²) in [5, 5.41) is 5.44. The first-order valence-electron chi connectivity index (χ1n) is 8.01. The number of aryl methyl sites for hydroxylation is 1. The third kappa shape index (κ3) is 4.57. The average Bonchev–Trinajstić information content (AvgIpc) is 2.64. The second-order valence-corrected chi connectivity index (χ2v) is 6.13. The number of carbonyl (C=O) groups is 1. The largest absolute Gasteiger partial charge is 0.350 e. The summed E-state index contributed by atoms with van der Waals surface area (Å²) in [5.41, 5.74) is 1.53. The van der Waals surface area contributed by atoms with Crippen molar-refractivity contribution in [3.8, 4) is 0 Å². The number of carbonyl (C=O) groups excluding carboxylic acids is 1. The van der Waals surface area contributed by atoms with Crippen LogP contribution >= 0.6 is 11.6 Å². The average molecular weight is 389 g/mol. The first-order valence-corrected chi connectivity index (χ1v) is 8.39. The van der Waals surface area contributed by atoms with Gasteiger partial charge in [-0.05, 0) is 31.2 Å². The van der Waals surface area contributed by atoms with Gasteiger partial charge in [-0.25, -0.2) is 18.7 Å². The molecule has 138 valence electrons. The van der Waals surface area contributed by atoms with Gasteiger partial charge in [0.05, 0.1) is 16.3 Å². The van der Waals surface area contributed by atoms with Gasteiger partial charge in [-0.2, -0.15) is 0 Å². The van der Waals surface area contributed by atoms with Crippen LogP contribution in [0.3, 0.4) is 0 Å². The van der Waals surface area contributed by atoms with Gasteiger partial charge in [-0.15, -0.1) is 0 Å². The molecule has 0 aliphatic heterocycles. The van der Waals surface area contributed by atoms with Crippen LogP contribution < -0.4 is 10.6 Å². The number of nitrogens with zero attached hydrogens (tertiary/aromatic N) is 2. The van der Waals surface area contributed by atoms with Crippen LogP contribution in [0.15, 0.2) is 48.7 Å². The number of benzene rings is 2. The predicted molar refractivity (Wildman–Crippen MR) is 99.9 cm³/mol. The summed E-state index contributed by atoms with van der Waals surface area (Å²) in [6.45, 7) is 1.87. The molecule has 1 amide bonds. The van der Waals surface area contributed by atoms with Crippen molar-refractivity contribution in [1.29, 1.82) is 0 Å². The zero-order valence-electron chi connectivity index (χ0n) is 14.3. The molecule has 0 radical (unpaired) electrons. The lowest BCUT2D eigenvalue weighted by Gasteiger charge is -2.10. The maximum Gasteiger partial charge on any atom is 0.259 e. The molecular weight excluding hydrogens is 374 g/mol. The maximum atomic E-state index is 13.6. The van der Waals surface area contributed by atoms with Crippen molar-refractivity contribution in [2.75, 3.05) is 10.6 Å². The highest BCUT2D eigenvalue weighted by Gasteiger charge is 2.13. The van der Waals surface area contributed by atoms with E-state index in [0.29, 0.717) is 16.9 Å². The summed E-state index contributed by atoms with van der Waals surface area (Å²) in [4.78, 5) is 20.7. The van der Waals surface area contributed by atoms with Crippen molar-refractivity contribution in [1.82, 2.24) is 9.97 Å². The number of anilines is 2. The molecule has 1 heterocycles. The summed E-state index contributed by atoms with van der Waals surface area (Å²) in [5.74, 6) is -1.07. The lowest BCUT2D eigenvalue weighted by Crippen LogP contribution is -2.16. The highest BCUT2D eigenvalue weighted by atomic mass is 35.5. The van der Waals surface area contributed by atoms with Crippen molar-refractivity contribution in [2.24, 2.45) is 0 Å². The number of nitrogens with one attached hydrogen (secondary N) is 2. The van der Waals surface area contributed by atoms with Gasteiger partial charge in [0.1, 0.15) is 11.6 Å². The topological polar surface area (TPSA) is 66.9 Å². The summed E-state index contributed by atoms with van der Waals surface area (Å²) < 4.78 is 26.8. The van der Waals surface area contributed by atoms with E-state index < -0.39 is 11.7 Å². The number of hydrogen-bond acceptors (Lipinski definition) is 4. The highest BCUT2D eigenvalue weighted by Crippen LogP contribution is 2.20. The molecule has 1 aromatic heterocycles. The molecule has 2 aromatic carbocycles. The standard InChI is InChI=1S/C19H15ClF2N4O/c1-11-14(18(27)26-13-6-7-17(22)15(20)8-13)10-24-19(25-11)23-9-12-4-2-3-5-16(12)21/h2-8,10H,9H2,1H3,(H,26,27)(H,23,24,25). The monoisotopic (exact) mass is 388 g/mol. The van der Waals surface area contributed by atoms with Gasteiger partial charge in [0.2, 0.25) is 5.95 Å². The summed E-state index contributed by atoms with van der Waals surface area (Å²) in [6, 6.07) is 10.3. The van der Waals surface area contributed by atoms with E-state index in [2.05, 4.69) is 20.6 Å². The highest BCUT2D eigenvalue weighted by molar-refractivity contribution is 6.31. The van der Waals surface area contributed by atoms with Gasteiger partial charge in [-0.3, -0.25) is 4.79 Å². The first-order chi connectivity index (χ1) is 12.9. The smallest absolute Gasteiger partial charge is 0.259 e. The van der Waals surface area contributed by atoms with Gasteiger partial charge in [-0.1, -0.05) is 29.8 Å². The Morgan fingerprint density at radius 2 is 1.93 bits per heavy atom. The maximum absolute atomic E-state index is 13.6. The minimum atomic E-state index is -0.570. The fourth-order valence-corrected chi connectivity index (χ4v) is 2.54. The van der Waals surface area contributed by atoms with Crippen LogP contribution in [0.1, 0.15) is 21.6 Å². The molecule has 0 unspecified atom stereocenters. The van der Waals surface area contributed by atoms with Crippen LogP contribution in [0.5, 0.6) is 0 Å². The molecule has 0 bridgehead atoms. The van der Waals surface area contributed by atoms with Crippen molar-refractivity contribution in [3.05, 3.63) is 82.1 Å². The molecule has 0 aliphatic rings. The summed E-state index contributed by atoms with van der Waals surface area (Å²) in [7, 11) is 0. The van der Waals surface area contributed by atoms with E-state index >= 15 is 0 Å². The first kappa shape index (κ1) is 18.7. The Labute approximate surface area is 159 Å². The van der Waals surface area contributed by atoms with Crippen LogP contribution in [-0.2, 0) is 6.54 Å². The Balaban J connectivity index is 1.69. The molecular formula is C19H15ClF2N4O. The van der Waals surface area contributed by atoms with E-state index in [9.17, 15) is 13.6 Å². The van der Waals surface area contributed by atoms with Crippen LogP contribution in [0.25, 0.3) is 0 Å². The number of halogens is 3. The van der Waals surface area contributed by atoms with Gasteiger partial charge >= 0.3 is 0 Å². The second-order valence-electron chi connectivity index (χ2n) is 5.72. The van der Waals surface area contributed by atoms with E-state index in [1.165, 1.54) is 24.4 Å². The number of rotatable bonds is 5. The van der Waals surface area contributed by atoms with Gasteiger partial charge in [0.15, 0.2) is 0 Å². The molecule has 0 spiro atoms. The Bertz CT molecular complexity index is 997. The van der Waals surface area contributed by atoms with Gasteiger partial charge in [0, 0.05) is 24.0 Å². The van der Waals surface area contributed by atoms with Crippen molar-refractivity contribution < 1.29 is 13.6 Å². The minimum Gasteiger partial charge on any atom is -0.350 e. The van der Waals surface area contributed by atoms with E-state index in [4.69, 9.17) is 11.6 Å². The molecule has 2 N–H and O–H groups in total. The lowest BCUT2D eigenvalue weighted by molar-refractivity contribution is 0.102. The zero-order chi connectivity index (χ0) is 19.4. The molecule has 0 atom stereocenters. The third-order valence-electron chi connectivity index (χ3n) is 3.80. The summed E-state index contributed by atoms with van der Waals surface area (Å²) in [6.07, 6.45) is 1.37. The quantitative estimate of drug-likeness (QED) is 0.671. The molecule has 8 heteroatoms. The van der Waals surface area contributed by atoms with Gasteiger partial charge < -0.3 is 10.6 Å². The second kappa shape index (κ2) is 8.09. The van der Waals surface area contributed by atoms with Crippen LogP contribution in [0.4, 0.5) is 20.4 Å². The molecule has 0 saturated carbocycles. The van der Waals surface area contributed by atoms with E-state index in [0.717, 1.165) is 6.07 Å². The third-order valence-corrected chi connectivity index (χ3v) is 4.09. The number of hydrogen-bond donors (Lipinski definition) is 2.